The van der Waals surface area contributed by atoms with Gasteiger partial charge < -0.3 is 4.98 Å². The third-order valence-corrected chi connectivity index (χ3v) is 2.31. The lowest BCUT2D eigenvalue weighted by molar-refractivity contribution is 1.21. The van der Waals surface area contributed by atoms with Gasteiger partial charge in [-0.3, -0.25) is 4.79 Å². The van der Waals surface area contributed by atoms with E-state index in [1.165, 1.54) is 5.56 Å². The minimum atomic E-state index is -0.00338. The van der Waals surface area contributed by atoms with E-state index in [-0.39, 0.29) is 5.56 Å². The molecule has 13 heavy (non-hydrogen) atoms. The summed E-state index contributed by atoms with van der Waals surface area (Å²) in [6.07, 6.45) is 1.76. The van der Waals surface area contributed by atoms with Crippen molar-refractivity contribution in [3.63, 3.8) is 0 Å². The minimum Gasteiger partial charge on any atom is -0.328 e. The number of hydrogen-bond donors (Lipinski definition) is 1. The van der Waals surface area contributed by atoms with Gasteiger partial charge >= 0.3 is 0 Å². The fraction of sp³-hybridized carbons (Fsp3) is 0.182. The number of fused-ring (bicyclic) bond motifs is 1. The summed E-state index contributed by atoms with van der Waals surface area (Å²) in [5.74, 6) is 0. The molecule has 66 valence electrons. The highest BCUT2D eigenvalue weighted by atomic mass is 16.1. The molecular weight excluding hydrogens is 162 g/mol. The number of nitrogens with one attached hydrogen (secondary N) is 1. The Bertz CT molecular complexity index is 511. The van der Waals surface area contributed by atoms with Gasteiger partial charge in [0.2, 0.25) is 0 Å². The summed E-state index contributed by atoms with van der Waals surface area (Å²) in [5, 5.41) is 2.13. The average Bonchev–Trinajstić information content (AvgIpc) is 2.12. The van der Waals surface area contributed by atoms with Crippen molar-refractivity contribution in [2.24, 2.45) is 0 Å². The average molecular weight is 173 g/mol. The van der Waals surface area contributed by atoms with Gasteiger partial charge in [0.05, 0.1) is 0 Å². The normalized spacial score (nSPS) is 10.6. The van der Waals surface area contributed by atoms with Gasteiger partial charge in [-0.2, -0.15) is 0 Å². The van der Waals surface area contributed by atoms with E-state index in [9.17, 15) is 4.79 Å². The predicted octanol–water partition coefficient (Wildman–Crippen LogP) is 2.14. The molecule has 1 heterocycles. The van der Waals surface area contributed by atoms with E-state index < -0.39 is 0 Å². The van der Waals surface area contributed by atoms with Crippen molar-refractivity contribution < 1.29 is 0 Å². The van der Waals surface area contributed by atoms with Crippen LogP contribution >= 0.6 is 0 Å². The Labute approximate surface area is 76.2 Å². The molecule has 0 saturated carbocycles. The van der Waals surface area contributed by atoms with Crippen molar-refractivity contribution in [1.82, 2.24) is 4.98 Å². The zero-order valence-electron chi connectivity index (χ0n) is 7.72. The molecule has 0 saturated heterocycles. The van der Waals surface area contributed by atoms with Gasteiger partial charge in [0.1, 0.15) is 0 Å². The maximum Gasteiger partial charge on any atom is 0.251 e. The summed E-state index contributed by atoms with van der Waals surface area (Å²) in [7, 11) is 0. The lowest BCUT2D eigenvalue weighted by Gasteiger charge is -2.01. The summed E-state index contributed by atoms with van der Waals surface area (Å²) in [6.45, 7) is 3.89. The SMILES string of the molecule is Cc1ccc2c(C)c(=O)[nH]cc2c1. The molecule has 2 aromatic rings. The van der Waals surface area contributed by atoms with Crippen LogP contribution in [0, 0.1) is 13.8 Å². The second-order valence-corrected chi connectivity index (χ2v) is 3.33. The number of H-pyrrole nitrogens is 1. The van der Waals surface area contributed by atoms with Crippen molar-refractivity contribution in [3.05, 3.63) is 45.9 Å². The molecule has 0 unspecified atom stereocenters. The summed E-state index contributed by atoms with van der Waals surface area (Å²) in [5.41, 5.74) is 1.99. The third kappa shape index (κ3) is 1.24. The number of aromatic amines is 1. The highest BCUT2D eigenvalue weighted by Gasteiger charge is 1.99. The molecule has 2 rings (SSSR count). The molecule has 0 amide bonds. The van der Waals surface area contributed by atoms with Crippen LogP contribution in [0.15, 0.2) is 29.2 Å². The molecule has 2 nitrogen and oxygen atoms in total. The Morgan fingerprint density at radius 2 is 2.00 bits per heavy atom. The van der Waals surface area contributed by atoms with Gasteiger partial charge in [-0.25, -0.2) is 0 Å². The molecule has 1 aromatic carbocycles. The maximum atomic E-state index is 11.3. The first-order chi connectivity index (χ1) is 6.18. The molecule has 2 heteroatoms. The summed E-state index contributed by atoms with van der Waals surface area (Å²) in [4.78, 5) is 14.0. The molecule has 0 spiro atoms. The second kappa shape index (κ2) is 2.73. The van der Waals surface area contributed by atoms with Crippen molar-refractivity contribution in [1.29, 1.82) is 0 Å². The van der Waals surface area contributed by atoms with Crippen LogP contribution in [0.2, 0.25) is 0 Å². The van der Waals surface area contributed by atoms with Gasteiger partial charge in [0.25, 0.3) is 5.56 Å². The Kier molecular flexibility index (Phi) is 1.69. The van der Waals surface area contributed by atoms with E-state index in [4.69, 9.17) is 0 Å². The zero-order valence-corrected chi connectivity index (χ0v) is 7.72. The molecular formula is C11H11NO. The van der Waals surface area contributed by atoms with E-state index in [0.29, 0.717) is 0 Å². The number of hydrogen-bond acceptors (Lipinski definition) is 1. The number of rotatable bonds is 0. The highest BCUT2D eigenvalue weighted by Crippen LogP contribution is 2.15. The van der Waals surface area contributed by atoms with E-state index >= 15 is 0 Å². The van der Waals surface area contributed by atoms with E-state index in [1.54, 1.807) is 6.20 Å². The van der Waals surface area contributed by atoms with E-state index in [2.05, 4.69) is 11.1 Å². The summed E-state index contributed by atoms with van der Waals surface area (Å²) in [6, 6.07) is 6.09. The molecule has 0 aliphatic rings. The molecule has 0 aliphatic carbocycles. The topological polar surface area (TPSA) is 32.9 Å². The molecule has 1 aromatic heterocycles. The number of aromatic nitrogens is 1. The van der Waals surface area contributed by atoms with Crippen molar-refractivity contribution in [2.45, 2.75) is 13.8 Å². The van der Waals surface area contributed by atoms with Crippen LogP contribution in [0.3, 0.4) is 0 Å². The van der Waals surface area contributed by atoms with E-state index in [1.807, 2.05) is 26.0 Å². The molecule has 1 N–H and O–H groups in total. The third-order valence-electron chi connectivity index (χ3n) is 2.31. The van der Waals surface area contributed by atoms with Gasteiger partial charge in [0.15, 0.2) is 0 Å². The van der Waals surface area contributed by atoms with Crippen molar-refractivity contribution >= 4 is 10.8 Å². The van der Waals surface area contributed by atoms with Gasteiger partial charge in [-0.15, -0.1) is 0 Å². The van der Waals surface area contributed by atoms with Crippen LogP contribution in [0.5, 0.6) is 0 Å². The standard InChI is InChI=1S/C11H11NO/c1-7-3-4-10-8(2)11(13)12-6-9(10)5-7/h3-6H,1-2H3,(H,12,13). The number of pyridine rings is 1. The van der Waals surface area contributed by atoms with E-state index in [0.717, 1.165) is 16.3 Å². The first-order valence-electron chi connectivity index (χ1n) is 4.27. The smallest absolute Gasteiger partial charge is 0.251 e. The Morgan fingerprint density at radius 3 is 2.77 bits per heavy atom. The monoisotopic (exact) mass is 173 g/mol. The van der Waals surface area contributed by atoms with Crippen molar-refractivity contribution in [3.8, 4) is 0 Å². The number of benzene rings is 1. The second-order valence-electron chi connectivity index (χ2n) is 3.33. The quantitative estimate of drug-likeness (QED) is 0.650. The minimum absolute atomic E-state index is 0.00338. The maximum absolute atomic E-state index is 11.3. The lowest BCUT2D eigenvalue weighted by Crippen LogP contribution is -2.08. The Morgan fingerprint density at radius 1 is 1.23 bits per heavy atom. The largest absolute Gasteiger partial charge is 0.328 e. The predicted molar refractivity (Wildman–Crippen MR) is 54.0 cm³/mol. The molecule has 0 atom stereocenters. The fourth-order valence-electron chi connectivity index (χ4n) is 1.52. The van der Waals surface area contributed by atoms with Gasteiger partial charge in [-0.1, -0.05) is 17.7 Å². The van der Waals surface area contributed by atoms with Gasteiger partial charge in [0, 0.05) is 11.8 Å². The summed E-state index contributed by atoms with van der Waals surface area (Å²) < 4.78 is 0. The summed E-state index contributed by atoms with van der Waals surface area (Å²) >= 11 is 0. The molecule has 0 radical (unpaired) electrons. The first kappa shape index (κ1) is 8.05. The van der Waals surface area contributed by atoms with Gasteiger partial charge in [-0.05, 0) is 30.7 Å². The fourth-order valence-corrected chi connectivity index (χ4v) is 1.52. The van der Waals surface area contributed by atoms with Crippen molar-refractivity contribution in [2.75, 3.05) is 0 Å². The number of aryl methyl sites for hydroxylation is 2. The van der Waals surface area contributed by atoms with Crippen LogP contribution in [-0.2, 0) is 0 Å². The molecule has 0 bridgehead atoms. The van der Waals surface area contributed by atoms with Crippen LogP contribution in [0.25, 0.3) is 10.8 Å². The molecule has 0 aliphatic heterocycles. The molecule has 0 fully saturated rings. The van der Waals surface area contributed by atoms with Crippen LogP contribution in [0.4, 0.5) is 0 Å². The zero-order chi connectivity index (χ0) is 9.42. The lowest BCUT2D eigenvalue weighted by atomic mass is 10.1. The van der Waals surface area contributed by atoms with Crippen LogP contribution in [-0.4, -0.2) is 4.98 Å². The first-order valence-corrected chi connectivity index (χ1v) is 4.27. The Hall–Kier alpha value is -1.57. The van der Waals surface area contributed by atoms with Crippen LogP contribution in [0.1, 0.15) is 11.1 Å². The highest BCUT2D eigenvalue weighted by molar-refractivity contribution is 5.84. The Balaban J connectivity index is 2.95. The van der Waals surface area contributed by atoms with Crippen LogP contribution < -0.4 is 5.56 Å².